The summed E-state index contributed by atoms with van der Waals surface area (Å²) in [5.41, 5.74) is -11.1. The highest BCUT2D eigenvalue weighted by molar-refractivity contribution is 6.32. The molecule has 404 valence electrons. The fraction of sp³-hybridized carbons (Fsp3) is 0.254. The van der Waals surface area contributed by atoms with Gasteiger partial charge >= 0.3 is 30.7 Å². The van der Waals surface area contributed by atoms with Gasteiger partial charge < -0.3 is 9.52 Å². The van der Waals surface area contributed by atoms with Gasteiger partial charge in [0, 0.05) is 43.4 Å². The number of aldehydes is 1. The maximum absolute atomic E-state index is 15.1. The molecule has 9 rings (SSSR count). The largest absolute Gasteiger partial charge is 0.481 e. The Balaban J connectivity index is 1.37. The Kier molecular flexibility index (Phi) is 14.4. The first-order chi connectivity index (χ1) is 36.7. The van der Waals surface area contributed by atoms with E-state index in [4.69, 9.17) is 4.42 Å². The number of fused-ring (bicyclic) bond motifs is 2. The summed E-state index contributed by atoms with van der Waals surface area (Å²) in [6.45, 7) is 4.01. The molecule has 7 nitrogen and oxygen atoms in total. The van der Waals surface area contributed by atoms with Crippen LogP contribution >= 0.6 is 0 Å². The number of unbranched alkanes of at least 4 members (excludes halogenated alkanes) is 4. The molecular formula is C59H43F12NO6. The summed E-state index contributed by atoms with van der Waals surface area (Å²) in [6, 6.07) is 16.8. The standard InChI is InChI=1S/C59H43F12NO6/c1-3-5-7-11-31-19-35(20-32(46(31)29-73)12-8-6-4-2)48(55(76)77)30-15-17-40(18-16-30)72-53(74)44-27-42(33-21-36(56(60,61)62)25-37(22-33)57(63,64)65)49-41-13-9-10-14-47(41)78-52-43(28-45(54(72)75)50(44)51(49)52)34-23-38(58(66,67)68)26-39(24-34)59(69,70)71/h9-10,13-29,48H,3-8,11-12H2,1-2H3,(H,76,77). The van der Waals surface area contributed by atoms with E-state index in [0.29, 0.717) is 76.8 Å². The second kappa shape index (κ2) is 20.4. The lowest BCUT2D eigenvalue weighted by Crippen LogP contribution is -2.32. The van der Waals surface area contributed by atoms with Gasteiger partial charge in [-0.25, -0.2) is 4.57 Å². The van der Waals surface area contributed by atoms with Gasteiger partial charge in [0.05, 0.1) is 27.9 Å². The highest BCUT2D eigenvalue weighted by atomic mass is 19.4. The molecule has 9 aromatic rings. The Hall–Kier alpha value is -7.96. The molecule has 2 aromatic heterocycles. The SMILES string of the molecule is CCCCCc1cc(C(C(=O)O)c2ccc(-n3c(=O)c4cc(-c5cc(C(F)(F)F)cc(C(F)(F)F)c5)c5oc6ccccc6c6c(-c7cc(C(F)(F)F)cc(C(F)(F)F)c7)cc(c3=O)c4c56)cc2)cc(CCCCC)c1C=O. The van der Waals surface area contributed by atoms with Crippen molar-refractivity contribution in [2.75, 3.05) is 0 Å². The molecule has 0 saturated heterocycles. The molecule has 0 aliphatic rings. The maximum atomic E-state index is 15.1. The fourth-order valence-corrected chi connectivity index (χ4v) is 10.4. The molecule has 0 spiro atoms. The minimum Gasteiger partial charge on any atom is -0.481 e. The lowest BCUT2D eigenvalue weighted by Gasteiger charge is -2.21. The first kappa shape index (κ1) is 54.8. The van der Waals surface area contributed by atoms with Crippen molar-refractivity contribution in [3.8, 4) is 27.9 Å². The van der Waals surface area contributed by atoms with E-state index in [0.717, 1.165) is 44.1 Å². The highest BCUT2D eigenvalue weighted by Gasteiger charge is 2.40. The molecule has 0 amide bonds. The van der Waals surface area contributed by atoms with Crippen molar-refractivity contribution in [2.24, 2.45) is 0 Å². The molecule has 1 atom stereocenters. The van der Waals surface area contributed by atoms with Crippen LogP contribution in [0, 0.1) is 0 Å². The van der Waals surface area contributed by atoms with Gasteiger partial charge in [0.2, 0.25) is 0 Å². The van der Waals surface area contributed by atoms with Gasteiger partial charge in [-0.2, -0.15) is 52.7 Å². The minimum absolute atomic E-state index is 0.0477. The number of halogens is 12. The zero-order valence-corrected chi connectivity index (χ0v) is 41.2. The molecule has 0 fully saturated rings. The predicted molar refractivity (Wildman–Crippen MR) is 270 cm³/mol. The Morgan fingerprint density at radius 1 is 0.551 bits per heavy atom. The number of hydrogen-bond donors (Lipinski definition) is 1. The van der Waals surface area contributed by atoms with E-state index in [1.165, 1.54) is 48.5 Å². The number of carbonyl (C=O) groups is 2. The lowest BCUT2D eigenvalue weighted by molar-refractivity contribution is -0.144. The average molecular weight is 1090 g/mol. The molecule has 1 unspecified atom stereocenters. The number of carbonyl (C=O) groups excluding carboxylic acids is 1. The smallest absolute Gasteiger partial charge is 0.416 e. The number of carboxylic acids is 1. The van der Waals surface area contributed by atoms with Crippen LogP contribution < -0.4 is 11.1 Å². The second-order valence-electron chi connectivity index (χ2n) is 19.2. The molecule has 7 aromatic carbocycles. The van der Waals surface area contributed by atoms with Gasteiger partial charge in [0.15, 0.2) is 6.29 Å². The number of rotatable bonds is 15. The van der Waals surface area contributed by atoms with E-state index in [1.54, 1.807) is 12.1 Å². The van der Waals surface area contributed by atoms with E-state index in [2.05, 4.69) is 0 Å². The van der Waals surface area contributed by atoms with Crippen LogP contribution in [-0.2, 0) is 42.3 Å². The van der Waals surface area contributed by atoms with E-state index in [9.17, 15) is 67.4 Å². The summed E-state index contributed by atoms with van der Waals surface area (Å²) in [5.74, 6) is -2.69. The average Bonchev–Trinajstić information content (AvgIpc) is 3.50. The number of nitrogens with zero attached hydrogens (tertiary/aromatic N) is 1. The third-order valence-electron chi connectivity index (χ3n) is 14.0. The predicted octanol–water partition coefficient (Wildman–Crippen LogP) is 16.7. The van der Waals surface area contributed by atoms with Crippen LogP contribution in [0.5, 0.6) is 0 Å². The molecule has 0 aliphatic heterocycles. The number of hydrogen-bond acceptors (Lipinski definition) is 5. The van der Waals surface area contributed by atoms with Gasteiger partial charge in [-0.1, -0.05) is 82.0 Å². The summed E-state index contributed by atoms with van der Waals surface area (Å²) in [7, 11) is 0. The van der Waals surface area contributed by atoms with Gasteiger partial charge in [-0.05, 0) is 131 Å². The van der Waals surface area contributed by atoms with Crippen molar-refractivity contribution < 1.29 is 71.8 Å². The van der Waals surface area contributed by atoms with Crippen molar-refractivity contribution in [3.63, 3.8) is 0 Å². The molecule has 0 bridgehead atoms. The zero-order valence-electron chi connectivity index (χ0n) is 41.2. The number of aliphatic carboxylic acids is 1. The van der Waals surface area contributed by atoms with Crippen molar-refractivity contribution in [1.82, 2.24) is 4.57 Å². The molecule has 19 heteroatoms. The number of benzene rings is 7. The topological polar surface area (TPSA) is 107 Å². The van der Waals surface area contributed by atoms with Crippen molar-refractivity contribution in [2.45, 2.75) is 95.8 Å². The number of aryl methyl sites for hydroxylation is 2. The van der Waals surface area contributed by atoms with Crippen LogP contribution in [0.1, 0.15) is 113 Å². The highest BCUT2D eigenvalue weighted by Crippen LogP contribution is 2.49. The second-order valence-corrected chi connectivity index (χ2v) is 19.2. The van der Waals surface area contributed by atoms with E-state index in [-0.39, 0.29) is 45.1 Å². The number of alkyl halides is 12. The van der Waals surface area contributed by atoms with Crippen LogP contribution in [-0.4, -0.2) is 21.9 Å². The molecular weight excluding hydrogens is 1050 g/mol. The Bertz CT molecular complexity index is 3810. The summed E-state index contributed by atoms with van der Waals surface area (Å²) in [6.07, 6.45) is -15.0. The van der Waals surface area contributed by atoms with Gasteiger partial charge in [0.1, 0.15) is 17.1 Å². The summed E-state index contributed by atoms with van der Waals surface area (Å²) in [4.78, 5) is 56.0. The maximum Gasteiger partial charge on any atom is 0.416 e. The van der Waals surface area contributed by atoms with Crippen molar-refractivity contribution in [1.29, 1.82) is 0 Å². The summed E-state index contributed by atoms with van der Waals surface area (Å²) < 4.78 is 181. The molecule has 0 aliphatic carbocycles. The molecule has 2 heterocycles. The fourth-order valence-electron chi connectivity index (χ4n) is 10.4. The summed E-state index contributed by atoms with van der Waals surface area (Å²) >= 11 is 0. The number of aromatic nitrogens is 1. The van der Waals surface area contributed by atoms with Crippen LogP contribution in [0.15, 0.2) is 123 Å². The van der Waals surface area contributed by atoms with E-state index >= 15 is 9.59 Å². The van der Waals surface area contributed by atoms with E-state index in [1.807, 2.05) is 13.8 Å². The first-order valence-electron chi connectivity index (χ1n) is 24.6. The number of para-hydroxylation sites is 1. The number of carboxylic acid groups (broad SMARTS) is 1. The van der Waals surface area contributed by atoms with E-state index < -0.39 is 114 Å². The minimum atomic E-state index is -5.39. The van der Waals surface area contributed by atoms with Crippen LogP contribution in [0.4, 0.5) is 52.7 Å². The Morgan fingerprint density at radius 2 is 1.01 bits per heavy atom. The molecule has 0 radical (unpaired) electrons. The molecule has 78 heavy (non-hydrogen) atoms. The molecule has 1 N–H and O–H groups in total. The third-order valence-corrected chi connectivity index (χ3v) is 14.0. The van der Waals surface area contributed by atoms with Crippen LogP contribution in [0.3, 0.4) is 0 Å². The number of pyridine rings is 1. The van der Waals surface area contributed by atoms with Crippen LogP contribution in [0.2, 0.25) is 0 Å². The monoisotopic (exact) mass is 1090 g/mol. The quantitative estimate of drug-likeness (QED) is 0.0360. The zero-order chi connectivity index (χ0) is 56.4. The molecule has 0 saturated carbocycles. The van der Waals surface area contributed by atoms with Crippen LogP contribution in [0.25, 0.3) is 71.4 Å². The third kappa shape index (κ3) is 10.2. The Morgan fingerprint density at radius 3 is 1.46 bits per heavy atom. The Labute approximate surface area is 434 Å². The van der Waals surface area contributed by atoms with Gasteiger partial charge in [-0.15, -0.1) is 0 Å². The summed E-state index contributed by atoms with van der Waals surface area (Å²) in [5, 5.41) is 8.62. The van der Waals surface area contributed by atoms with Gasteiger partial charge in [0.25, 0.3) is 11.1 Å². The van der Waals surface area contributed by atoms with Gasteiger partial charge in [-0.3, -0.25) is 19.2 Å². The van der Waals surface area contributed by atoms with Crippen molar-refractivity contribution in [3.05, 3.63) is 180 Å². The lowest BCUT2D eigenvalue weighted by atomic mass is 9.85. The van der Waals surface area contributed by atoms with Crippen molar-refractivity contribution >= 4 is 55.7 Å². The first-order valence-corrected chi connectivity index (χ1v) is 24.6. The normalized spacial score (nSPS) is 13.1.